The lowest BCUT2D eigenvalue weighted by Crippen LogP contribution is -2.02. The number of rotatable bonds is 6. The van der Waals surface area contributed by atoms with E-state index in [4.69, 9.17) is 9.47 Å². The van der Waals surface area contributed by atoms with Crippen molar-refractivity contribution >= 4 is 5.78 Å². The second-order valence-electron chi connectivity index (χ2n) is 5.77. The quantitative estimate of drug-likeness (QED) is 0.586. The van der Waals surface area contributed by atoms with Crippen molar-refractivity contribution in [3.05, 3.63) is 83.9 Å². The number of Topliss-reactive ketones (excluding diaryl/α,β-unsaturated/α-hetero) is 1. The number of benzene rings is 3. The molecule has 25 heavy (non-hydrogen) atoms. The third kappa shape index (κ3) is 4.07. The highest BCUT2D eigenvalue weighted by Crippen LogP contribution is 2.29. The predicted octanol–water partition coefficient (Wildman–Crippen LogP) is 5.14. The molecule has 0 fully saturated rings. The zero-order valence-electron chi connectivity index (χ0n) is 14.4. The van der Waals surface area contributed by atoms with E-state index in [2.05, 4.69) is 0 Å². The van der Waals surface area contributed by atoms with Crippen molar-refractivity contribution in [2.75, 3.05) is 7.11 Å². The van der Waals surface area contributed by atoms with E-state index in [1.54, 1.807) is 14.0 Å². The van der Waals surface area contributed by atoms with Crippen molar-refractivity contribution in [2.45, 2.75) is 13.5 Å². The molecule has 0 spiro atoms. The molecule has 0 aliphatic rings. The number of hydrogen-bond acceptors (Lipinski definition) is 3. The fourth-order valence-corrected chi connectivity index (χ4v) is 2.63. The molecule has 0 aromatic heterocycles. The summed E-state index contributed by atoms with van der Waals surface area (Å²) in [5, 5.41) is 0. The van der Waals surface area contributed by atoms with Crippen LogP contribution in [0.2, 0.25) is 0 Å². The molecule has 3 rings (SSSR count). The molecule has 0 N–H and O–H groups in total. The van der Waals surface area contributed by atoms with Crippen LogP contribution >= 0.6 is 0 Å². The van der Waals surface area contributed by atoms with E-state index in [1.165, 1.54) is 0 Å². The molecular formula is C22H20O3. The first kappa shape index (κ1) is 16.8. The van der Waals surface area contributed by atoms with Crippen LogP contribution in [0.1, 0.15) is 22.8 Å². The molecule has 0 saturated carbocycles. The normalized spacial score (nSPS) is 10.3. The second-order valence-corrected chi connectivity index (χ2v) is 5.77. The number of ether oxygens (including phenoxy) is 2. The molecular weight excluding hydrogens is 312 g/mol. The van der Waals surface area contributed by atoms with Crippen molar-refractivity contribution in [1.29, 1.82) is 0 Å². The molecule has 0 atom stereocenters. The Kier molecular flexibility index (Phi) is 5.14. The minimum Gasteiger partial charge on any atom is -0.497 e. The molecule has 126 valence electrons. The van der Waals surface area contributed by atoms with Crippen molar-refractivity contribution in [2.24, 2.45) is 0 Å². The summed E-state index contributed by atoms with van der Waals surface area (Å²) in [4.78, 5) is 12.1. The van der Waals surface area contributed by atoms with Crippen molar-refractivity contribution < 1.29 is 14.3 Å². The zero-order valence-corrected chi connectivity index (χ0v) is 14.4. The van der Waals surface area contributed by atoms with Crippen molar-refractivity contribution in [3.63, 3.8) is 0 Å². The van der Waals surface area contributed by atoms with Crippen LogP contribution in [0.25, 0.3) is 11.1 Å². The largest absolute Gasteiger partial charge is 0.497 e. The maximum absolute atomic E-state index is 12.1. The Balaban J connectivity index is 1.86. The van der Waals surface area contributed by atoms with Crippen molar-refractivity contribution in [1.82, 2.24) is 0 Å². The van der Waals surface area contributed by atoms with Gasteiger partial charge in [-0.05, 0) is 47.9 Å². The minimum atomic E-state index is -0.0153. The van der Waals surface area contributed by atoms with E-state index in [1.807, 2.05) is 72.8 Å². The van der Waals surface area contributed by atoms with E-state index in [0.29, 0.717) is 17.9 Å². The van der Waals surface area contributed by atoms with Crippen LogP contribution < -0.4 is 9.47 Å². The summed E-state index contributed by atoms with van der Waals surface area (Å²) >= 11 is 0. The number of ketones is 1. The molecule has 0 radical (unpaired) electrons. The highest BCUT2D eigenvalue weighted by Gasteiger charge is 2.11. The van der Waals surface area contributed by atoms with Gasteiger partial charge in [-0.2, -0.15) is 0 Å². The summed E-state index contributed by atoms with van der Waals surface area (Å²) < 4.78 is 11.1. The van der Waals surface area contributed by atoms with Gasteiger partial charge in [0.05, 0.1) is 12.7 Å². The van der Waals surface area contributed by atoms with Crippen LogP contribution in [0, 0.1) is 0 Å². The average molecular weight is 332 g/mol. The Morgan fingerprint density at radius 3 is 2.20 bits per heavy atom. The van der Waals surface area contributed by atoms with Crippen LogP contribution in [0.4, 0.5) is 0 Å². The summed E-state index contributed by atoms with van der Waals surface area (Å²) in [5.74, 6) is 1.39. The molecule has 0 amide bonds. The van der Waals surface area contributed by atoms with E-state index >= 15 is 0 Å². The standard InChI is InChI=1S/C22H20O3/c1-16(23)21-14-19(18-8-11-20(24-2)12-9-18)10-13-22(21)25-15-17-6-4-3-5-7-17/h3-14H,15H2,1-2H3. The van der Waals surface area contributed by atoms with Gasteiger partial charge in [-0.15, -0.1) is 0 Å². The van der Waals surface area contributed by atoms with Gasteiger partial charge in [-0.3, -0.25) is 4.79 Å². The van der Waals surface area contributed by atoms with Gasteiger partial charge in [0.15, 0.2) is 5.78 Å². The molecule has 0 bridgehead atoms. The Hall–Kier alpha value is -3.07. The maximum atomic E-state index is 12.1. The van der Waals surface area contributed by atoms with Gasteiger partial charge in [0, 0.05) is 0 Å². The maximum Gasteiger partial charge on any atom is 0.163 e. The van der Waals surface area contributed by atoms with Gasteiger partial charge in [0.25, 0.3) is 0 Å². The smallest absolute Gasteiger partial charge is 0.163 e. The van der Waals surface area contributed by atoms with Gasteiger partial charge in [-0.1, -0.05) is 48.5 Å². The first-order valence-corrected chi connectivity index (χ1v) is 8.13. The molecule has 3 aromatic carbocycles. The topological polar surface area (TPSA) is 35.5 Å². The number of methoxy groups -OCH3 is 1. The molecule has 0 heterocycles. The number of carbonyl (C=O) groups excluding carboxylic acids is 1. The summed E-state index contributed by atoms with van der Waals surface area (Å²) in [5.41, 5.74) is 3.65. The van der Waals surface area contributed by atoms with Crippen LogP contribution in [-0.2, 0) is 6.61 Å². The van der Waals surface area contributed by atoms with Crippen molar-refractivity contribution in [3.8, 4) is 22.6 Å². The second kappa shape index (κ2) is 7.67. The van der Waals surface area contributed by atoms with Gasteiger partial charge in [-0.25, -0.2) is 0 Å². The number of carbonyl (C=O) groups is 1. The van der Waals surface area contributed by atoms with Crippen LogP contribution in [0.5, 0.6) is 11.5 Å². The fourth-order valence-electron chi connectivity index (χ4n) is 2.63. The third-order valence-corrected chi connectivity index (χ3v) is 4.02. The lowest BCUT2D eigenvalue weighted by atomic mass is 10.0. The van der Waals surface area contributed by atoms with Gasteiger partial charge < -0.3 is 9.47 Å². The van der Waals surface area contributed by atoms with Gasteiger partial charge >= 0.3 is 0 Å². The molecule has 0 unspecified atom stereocenters. The van der Waals surface area contributed by atoms with Crippen LogP contribution in [-0.4, -0.2) is 12.9 Å². The summed E-state index contributed by atoms with van der Waals surface area (Å²) in [7, 11) is 1.64. The SMILES string of the molecule is COc1ccc(-c2ccc(OCc3ccccc3)c(C(C)=O)c2)cc1. The lowest BCUT2D eigenvalue weighted by molar-refractivity contribution is 0.101. The monoisotopic (exact) mass is 332 g/mol. The Labute approximate surface area is 147 Å². The highest BCUT2D eigenvalue weighted by atomic mass is 16.5. The van der Waals surface area contributed by atoms with Gasteiger partial charge in [0.2, 0.25) is 0 Å². The zero-order chi connectivity index (χ0) is 17.6. The minimum absolute atomic E-state index is 0.0153. The molecule has 0 aliphatic heterocycles. The van der Waals surface area contributed by atoms with Crippen LogP contribution in [0.3, 0.4) is 0 Å². The highest BCUT2D eigenvalue weighted by molar-refractivity contribution is 5.98. The van der Waals surface area contributed by atoms with E-state index in [-0.39, 0.29) is 5.78 Å². The third-order valence-electron chi connectivity index (χ3n) is 4.02. The summed E-state index contributed by atoms with van der Waals surface area (Å²) in [6.07, 6.45) is 0. The first-order chi connectivity index (χ1) is 12.2. The molecule has 0 aliphatic carbocycles. The Bertz CT molecular complexity index is 852. The van der Waals surface area contributed by atoms with Gasteiger partial charge in [0.1, 0.15) is 18.1 Å². The van der Waals surface area contributed by atoms with E-state index < -0.39 is 0 Å². The Morgan fingerprint density at radius 1 is 0.880 bits per heavy atom. The molecule has 3 nitrogen and oxygen atoms in total. The average Bonchev–Trinajstić information content (AvgIpc) is 2.67. The predicted molar refractivity (Wildman–Crippen MR) is 99.2 cm³/mol. The molecule has 0 saturated heterocycles. The Morgan fingerprint density at radius 2 is 1.56 bits per heavy atom. The van der Waals surface area contributed by atoms with Crippen LogP contribution in [0.15, 0.2) is 72.8 Å². The molecule has 3 heteroatoms. The molecule has 3 aromatic rings. The number of hydrogen-bond donors (Lipinski definition) is 0. The summed E-state index contributed by atoms with van der Waals surface area (Å²) in [6, 6.07) is 23.4. The lowest BCUT2D eigenvalue weighted by Gasteiger charge is -2.12. The van der Waals surface area contributed by atoms with E-state index in [0.717, 1.165) is 22.4 Å². The van der Waals surface area contributed by atoms with E-state index in [9.17, 15) is 4.79 Å². The summed E-state index contributed by atoms with van der Waals surface area (Å²) in [6.45, 7) is 1.99. The fraction of sp³-hybridized carbons (Fsp3) is 0.136. The first-order valence-electron chi connectivity index (χ1n) is 8.13.